The first kappa shape index (κ1) is 5.54. The highest BCUT2D eigenvalue weighted by molar-refractivity contribution is 5.33. The summed E-state index contributed by atoms with van der Waals surface area (Å²) in [5.74, 6) is 0.125. The Morgan fingerprint density at radius 1 is 0.667 bits per heavy atom. The molecule has 0 atom stereocenters. The summed E-state index contributed by atoms with van der Waals surface area (Å²) in [5, 5.41) is 0. The van der Waals surface area contributed by atoms with Gasteiger partial charge in [-0.15, -0.1) is 0 Å². The normalized spacial score (nSPS) is 9.33. The van der Waals surface area contributed by atoms with Crippen molar-refractivity contribution in [3.05, 3.63) is 0 Å². The molecule has 0 saturated carbocycles. The molecule has 0 aromatic carbocycles. The van der Waals surface area contributed by atoms with Gasteiger partial charge in [0.2, 0.25) is 17.8 Å². The number of aromatic nitrogens is 3. The van der Waals surface area contributed by atoms with E-state index in [0.29, 0.717) is 0 Å². The zero-order valence-corrected chi connectivity index (χ0v) is 4.57. The van der Waals surface area contributed by atoms with E-state index in [-0.39, 0.29) is 17.8 Å². The molecule has 0 fully saturated rings. The fraction of sp³-hybridized carbons (Fsp3) is 0. The average molecular weight is 132 g/mol. The van der Waals surface area contributed by atoms with Crippen molar-refractivity contribution in [1.82, 2.24) is 15.0 Å². The molecule has 0 saturated heterocycles. The molecule has 0 aliphatic rings. The molecule has 0 radical (unpaired) electrons. The van der Waals surface area contributed by atoms with Gasteiger partial charge in [-0.1, -0.05) is 0 Å². The molecule has 1 heterocycles. The van der Waals surface area contributed by atoms with Gasteiger partial charge in [0, 0.05) is 0 Å². The van der Waals surface area contributed by atoms with E-state index in [2.05, 4.69) is 15.0 Å². The van der Waals surface area contributed by atoms with E-state index in [1.807, 2.05) is 0 Å². The monoisotopic (exact) mass is 132 g/mol. The first-order valence-electron chi connectivity index (χ1n) is 2.21. The summed E-state index contributed by atoms with van der Waals surface area (Å²) in [6, 6.07) is 0. The number of hydrogen-bond donors (Lipinski definition) is 3. The highest BCUT2D eigenvalue weighted by Crippen LogP contribution is 1.97. The molecule has 1 aromatic rings. The van der Waals surface area contributed by atoms with Crippen LogP contribution in [0.1, 0.15) is 0 Å². The number of rotatable bonds is 0. The van der Waals surface area contributed by atoms with Crippen LogP contribution in [-0.2, 0) is 0 Å². The number of anilines is 3. The van der Waals surface area contributed by atoms with Crippen molar-refractivity contribution >= 4 is 17.8 Å². The first-order chi connectivity index (χ1) is 4.18. The molecule has 0 aliphatic carbocycles. The van der Waals surface area contributed by atoms with Crippen LogP contribution in [0.5, 0.6) is 0 Å². The van der Waals surface area contributed by atoms with Gasteiger partial charge in [0.25, 0.3) is 0 Å². The number of nitrogen functional groups attached to an aromatic ring is 3. The Bertz CT molecular complexity index is 169. The molecule has 6 N–H and O–H groups in total. The molecular weight excluding hydrogens is 126 g/mol. The Morgan fingerprint density at radius 2 is 0.889 bits per heavy atom. The minimum atomic E-state index is 0.0417. The molecule has 0 spiro atoms. The summed E-state index contributed by atoms with van der Waals surface area (Å²) in [4.78, 5) is 10.5. The summed E-state index contributed by atoms with van der Waals surface area (Å²) < 4.78 is 0. The maximum atomic E-state index is 5.14. The van der Waals surface area contributed by atoms with Gasteiger partial charge >= 0.3 is 0 Å². The lowest BCUT2D eigenvalue weighted by atomic mass is 11.6. The van der Waals surface area contributed by atoms with E-state index in [0.717, 1.165) is 0 Å². The van der Waals surface area contributed by atoms with Gasteiger partial charge in [-0.05, 0) is 0 Å². The standard InChI is InChI=1S/C3H6N6/c4-1-7-2(5)9-3(6)8-1/h(H6,4,5,6,7,8,9)/i1+1,2+1,3+1,4+1,5+1,6+1. The molecule has 9 heavy (non-hydrogen) atoms. The molecule has 0 bridgehead atoms. The fourth-order valence-electron chi connectivity index (χ4n) is 0.427. The van der Waals surface area contributed by atoms with E-state index >= 15 is 0 Å². The predicted molar refractivity (Wildman–Crippen MR) is 33.1 cm³/mol. The van der Waals surface area contributed by atoms with Crippen molar-refractivity contribution < 1.29 is 0 Å². The lowest BCUT2D eigenvalue weighted by molar-refractivity contribution is 1.09. The summed E-state index contributed by atoms with van der Waals surface area (Å²) >= 11 is 0. The van der Waals surface area contributed by atoms with Crippen LogP contribution in [-0.4, -0.2) is 15.0 Å². The smallest absolute Gasteiger partial charge is 0.226 e. The van der Waals surface area contributed by atoms with Gasteiger partial charge in [-0.25, -0.2) is 0 Å². The topological polar surface area (TPSA) is 117 Å². The second kappa shape index (κ2) is 1.73. The quantitative estimate of drug-likeness (QED) is 0.374. The Labute approximate surface area is 51.1 Å². The van der Waals surface area contributed by atoms with Crippen molar-refractivity contribution in [2.45, 2.75) is 0 Å². The van der Waals surface area contributed by atoms with Crippen LogP contribution in [0.25, 0.3) is 0 Å². The third kappa shape index (κ3) is 1.15. The number of hydrogen-bond acceptors (Lipinski definition) is 6. The van der Waals surface area contributed by atoms with Gasteiger partial charge in [-0.3, -0.25) is 0 Å². The molecule has 1 aromatic heterocycles. The van der Waals surface area contributed by atoms with Crippen LogP contribution in [0.4, 0.5) is 17.8 Å². The number of nitrogens with zero attached hydrogens (tertiary/aromatic N) is 3. The van der Waals surface area contributed by atoms with E-state index in [9.17, 15) is 0 Å². The van der Waals surface area contributed by atoms with Crippen LogP contribution in [0.3, 0.4) is 0 Å². The van der Waals surface area contributed by atoms with Crippen LogP contribution < -0.4 is 17.2 Å². The van der Waals surface area contributed by atoms with Gasteiger partial charge in [-0.2, -0.15) is 15.0 Å². The number of nitrogens with two attached hydrogens (primary N) is 3. The minimum Gasteiger partial charge on any atom is -0.368 e. The minimum absolute atomic E-state index is 0.0417. The summed E-state index contributed by atoms with van der Waals surface area (Å²) in [7, 11) is 0. The van der Waals surface area contributed by atoms with Crippen molar-refractivity contribution in [2.75, 3.05) is 17.2 Å². The van der Waals surface area contributed by atoms with E-state index in [4.69, 9.17) is 17.2 Å². The molecule has 0 aliphatic heterocycles. The summed E-state index contributed by atoms with van der Waals surface area (Å²) in [5.41, 5.74) is 15.4. The highest BCUT2D eigenvalue weighted by atomic mass is 15.8. The van der Waals surface area contributed by atoms with E-state index in [1.54, 1.807) is 0 Å². The average Bonchev–Trinajstić information content (AvgIpc) is 1.59. The molecular formula is C3H6N6. The second-order valence-electron chi connectivity index (χ2n) is 1.41. The van der Waals surface area contributed by atoms with E-state index < -0.39 is 0 Å². The van der Waals surface area contributed by atoms with Gasteiger partial charge in [0.1, 0.15) is 0 Å². The molecule has 0 amide bonds. The Hall–Kier alpha value is -1.59. The maximum Gasteiger partial charge on any atom is 0.226 e. The van der Waals surface area contributed by atoms with Gasteiger partial charge < -0.3 is 17.2 Å². The zero-order chi connectivity index (χ0) is 6.85. The molecule has 48 valence electrons. The molecule has 0 unspecified atom stereocenters. The van der Waals surface area contributed by atoms with Crippen LogP contribution in [0, 0.1) is 0 Å². The largest absolute Gasteiger partial charge is 0.368 e. The lowest BCUT2D eigenvalue weighted by Crippen LogP contribution is -2.05. The van der Waals surface area contributed by atoms with Crippen LogP contribution >= 0.6 is 0 Å². The Balaban J connectivity index is 3.17. The summed E-state index contributed by atoms with van der Waals surface area (Å²) in [6.45, 7) is 0. The fourth-order valence-corrected chi connectivity index (χ4v) is 0.427. The molecule has 1 rings (SSSR count). The Morgan fingerprint density at radius 3 is 1.11 bits per heavy atom. The SMILES string of the molecule is [15NH2][13c]1n[13c]([15NH2])n[13c]([15NH2])n1. The maximum absolute atomic E-state index is 5.14. The third-order valence-electron chi connectivity index (χ3n) is 0.687. The Kier molecular flexibility index (Phi) is 1.07. The molecule has 6 nitrogen and oxygen atoms in total. The lowest BCUT2D eigenvalue weighted by Gasteiger charge is -1.93. The zero-order valence-electron chi connectivity index (χ0n) is 4.57. The van der Waals surface area contributed by atoms with Crippen molar-refractivity contribution in [3.63, 3.8) is 0 Å². The van der Waals surface area contributed by atoms with Crippen LogP contribution in [0.15, 0.2) is 0 Å². The van der Waals surface area contributed by atoms with Gasteiger partial charge in [0.15, 0.2) is 0 Å². The first-order valence-corrected chi connectivity index (χ1v) is 2.21. The van der Waals surface area contributed by atoms with E-state index in [1.165, 1.54) is 0 Å². The van der Waals surface area contributed by atoms with Crippen molar-refractivity contribution in [1.29, 1.82) is 0 Å². The van der Waals surface area contributed by atoms with Crippen molar-refractivity contribution in [2.24, 2.45) is 0 Å². The highest BCUT2D eigenvalue weighted by Gasteiger charge is 1.93. The molecule has 6 heteroatoms. The van der Waals surface area contributed by atoms with Crippen molar-refractivity contribution in [3.8, 4) is 0 Å². The van der Waals surface area contributed by atoms with Gasteiger partial charge in [0.05, 0.1) is 0 Å². The summed E-state index contributed by atoms with van der Waals surface area (Å²) in [6.07, 6.45) is 0. The third-order valence-corrected chi connectivity index (χ3v) is 0.687. The second-order valence-corrected chi connectivity index (χ2v) is 1.41. The van der Waals surface area contributed by atoms with Crippen LogP contribution in [0.2, 0.25) is 0 Å². The predicted octanol–water partition coefficient (Wildman–Crippen LogP) is -1.38.